The molecule has 4 heteroatoms. The van der Waals surface area contributed by atoms with Gasteiger partial charge in [-0.2, -0.15) is 4.98 Å². The average Bonchev–Trinajstić information content (AvgIpc) is 2.67. The Balaban J connectivity index is 1.78. The topological polar surface area (TPSA) is 59.2 Å². The lowest BCUT2D eigenvalue weighted by atomic mass is 10.1. The zero-order valence-corrected chi connectivity index (χ0v) is 9.81. The van der Waals surface area contributed by atoms with Crippen molar-refractivity contribution in [3.8, 4) is 0 Å². The van der Waals surface area contributed by atoms with E-state index < -0.39 is 0 Å². The van der Waals surface area contributed by atoms with Gasteiger partial charge in [-0.1, -0.05) is 19.0 Å². The van der Waals surface area contributed by atoms with E-state index in [2.05, 4.69) is 24.0 Å². The monoisotopic (exact) mass is 222 g/mol. The van der Waals surface area contributed by atoms with E-state index in [1.807, 2.05) is 0 Å². The minimum Gasteiger partial charge on any atom is -0.392 e. The molecule has 0 amide bonds. The molecule has 2 aliphatic rings. The van der Waals surface area contributed by atoms with Crippen molar-refractivity contribution in [1.82, 2.24) is 10.1 Å². The van der Waals surface area contributed by atoms with Crippen LogP contribution in [0.15, 0.2) is 4.52 Å². The van der Waals surface area contributed by atoms with Crippen LogP contribution in [-0.4, -0.2) is 21.4 Å². The first-order chi connectivity index (χ1) is 7.58. The van der Waals surface area contributed by atoms with E-state index >= 15 is 0 Å². The molecule has 2 aliphatic carbocycles. The highest BCUT2D eigenvalue weighted by Gasteiger charge is 2.49. The summed E-state index contributed by atoms with van der Waals surface area (Å²) in [6, 6.07) is 0. The number of hydrogen-bond donors (Lipinski definition) is 1. The molecule has 88 valence electrons. The van der Waals surface area contributed by atoms with E-state index in [4.69, 9.17) is 4.52 Å². The minimum absolute atomic E-state index is 0.0723. The summed E-state index contributed by atoms with van der Waals surface area (Å²) in [5.41, 5.74) is 0.329. The van der Waals surface area contributed by atoms with Crippen LogP contribution in [0.2, 0.25) is 0 Å². The van der Waals surface area contributed by atoms with E-state index in [-0.39, 0.29) is 12.0 Å². The van der Waals surface area contributed by atoms with Crippen LogP contribution in [0.25, 0.3) is 0 Å². The fourth-order valence-corrected chi connectivity index (χ4v) is 2.68. The molecule has 16 heavy (non-hydrogen) atoms. The molecule has 4 nitrogen and oxygen atoms in total. The normalized spacial score (nSPS) is 36.6. The van der Waals surface area contributed by atoms with Crippen LogP contribution in [0.5, 0.6) is 0 Å². The summed E-state index contributed by atoms with van der Waals surface area (Å²) < 4.78 is 5.29. The number of rotatable bonds is 2. The summed E-state index contributed by atoms with van der Waals surface area (Å²) in [7, 11) is 0. The molecule has 0 saturated heterocycles. The molecule has 2 saturated carbocycles. The Hall–Kier alpha value is -0.900. The first kappa shape index (κ1) is 10.3. The smallest absolute Gasteiger partial charge is 0.232 e. The maximum absolute atomic E-state index is 9.78. The molecule has 2 fully saturated rings. The third-order valence-corrected chi connectivity index (χ3v) is 4.08. The Bertz CT molecular complexity index is 399. The van der Waals surface area contributed by atoms with Gasteiger partial charge in [-0.25, -0.2) is 0 Å². The average molecular weight is 222 g/mol. The van der Waals surface area contributed by atoms with Gasteiger partial charge in [-0.3, -0.25) is 0 Å². The van der Waals surface area contributed by atoms with Gasteiger partial charge in [0, 0.05) is 5.92 Å². The second-order valence-electron chi connectivity index (χ2n) is 5.84. The fourth-order valence-electron chi connectivity index (χ4n) is 2.68. The first-order valence-corrected chi connectivity index (χ1v) is 6.09. The predicted molar refractivity (Wildman–Crippen MR) is 58.0 cm³/mol. The summed E-state index contributed by atoms with van der Waals surface area (Å²) in [4.78, 5) is 4.46. The predicted octanol–water partition coefficient (Wildman–Crippen LogP) is 2.21. The van der Waals surface area contributed by atoms with Gasteiger partial charge in [0.15, 0.2) is 5.82 Å². The molecule has 3 unspecified atom stereocenters. The van der Waals surface area contributed by atoms with Crippen molar-refractivity contribution in [2.24, 2.45) is 5.41 Å². The Morgan fingerprint density at radius 1 is 1.38 bits per heavy atom. The van der Waals surface area contributed by atoms with Gasteiger partial charge in [0.25, 0.3) is 0 Å². The van der Waals surface area contributed by atoms with Crippen LogP contribution in [0.1, 0.15) is 63.1 Å². The number of aromatic nitrogens is 2. The lowest BCUT2D eigenvalue weighted by Gasteiger charge is -2.07. The fraction of sp³-hybridized carbons (Fsp3) is 0.833. The molecule has 1 heterocycles. The van der Waals surface area contributed by atoms with Crippen LogP contribution in [0, 0.1) is 5.41 Å². The van der Waals surface area contributed by atoms with Crippen LogP contribution in [-0.2, 0) is 0 Å². The van der Waals surface area contributed by atoms with Crippen molar-refractivity contribution >= 4 is 0 Å². The molecule has 3 rings (SSSR count). The number of hydrogen-bond acceptors (Lipinski definition) is 4. The van der Waals surface area contributed by atoms with E-state index in [0.29, 0.717) is 17.2 Å². The first-order valence-electron chi connectivity index (χ1n) is 6.09. The summed E-state index contributed by atoms with van der Waals surface area (Å²) in [5.74, 6) is 1.99. The molecule has 3 atom stereocenters. The van der Waals surface area contributed by atoms with Gasteiger partial charge in [-0.15, -0.1) is 0 Å². The van der Waals surface area contributed by atoms with Crippen LogP contribution in [0.4, 0.5) is 0 Å². The molecule has 0 spiro atoms. The zero-order valence-electron chi connectivity index (χ0n) is 9.81. The maximum atomic E-state index is 9.78. The standard InChI is InChI=1S/C12H18N2O2/c1-12(2)6-8(12)10-13-11(16-14-10)7-4-3-5-9(7)15/h7-9,15H,3-6H2,1-2H3. The molecule has 1 aromatic heterocycles. The lowest BCUT2D eigenvalue weighted by molar-refractivity contribution is 0.148. The molecule has 0 radical (unpaired) electrons. The van der Waals surface area contributed by atoms with E-state index in [0.717, 1.165) is 31.5 Å². The number of aliphatic hydroxyl groups excluding tert-OH is 1. The van der Waals surface area contributed by atoms with E-state index in [9.17, 15) is 5.11 Å². The molecule has 0 bridgehead atoms. The Morgan fingerprint density at radius 3 is 2.69 bits per heavy atom. The van der Waals surface area contributed by atoms with Crippen molar-refractivity contribution < 1.29 is 9.63 Å². The summed E-state index contributed by atoms with van der Waals surface area (Å²) >= 11 is 0. The maximum Gasteiger partial charge on any atom is 0.232 e. The van der Waals surface area contributed by atoms with Gasteiger partial charge < -0.3 is 9.63 Å². The lowest BCUT2D eigenvalue weighted by Crippen LogP contribution is -2.11. The quantitative estimate of drug-likeness (QED) is 0.833. The van der Waals surface area contributed by atoms with Gasteiger partial charge in [0.05, 0.1) is 12.0 Å². The third-order valence-electron chi connectivity index (χ3n) is 4.08. The summed E-state index contributed by atoms with van der Waals surface area (Å²) in [6.45, 7) is 4.44. The second-order valence-corrected chi connectivity index (χ2v) is 5.84. The molecule has 1 aromatic rings. The third kappa shape index (κ3) is 1.56. The van der Waals surface area contributed by atoms with Crippen LogP contribution < -0.4 is 0 Å². The highest BCUT2D eigenvalue weighted by Crippen LogP contribution is 2.57. The van der Waals surface area contributed by atoms with Gasteiger partial charge in [0.1, 0.15) is 0 Å². The largest absolute Gasteiger partial charge is 0.392 e. The van der Waals surface area contributed by atoms with Gasteiger partial charge in [-0.05, 0) is 31.1 Å². The van der Waals surface area contributed by atoms with E-state index in [1.54, 1.807) is 0 Å². The van der Waals surface area contributed by atoms with Crippen molar-refractivity contribution in [2.75, 3.05) is 0 Å². The van der Waals surface area contributed by atoms with Crippen LogP contribution in [0.3, 0.4) is 0 Å². The SMILES string of the molecule is CC1(C)CC1c1noc(C2CCCC2O)n1. The summed E-state index contributed by atoms with van der Waals surface area (Å²) in [6.07, 6.45) is 3.73. The number of aliphatic hydroxyl groups is 1. The van der Waals surface area contributed by atoms with Crippen LogP contribution >= 0.6 is 0 Å². The molecular weight excluding hydrogens is 204 g/mol. The molecular formula is C12H18N2O2. The van der Waals surface area contributed by atoms with Crippen molar-refractivity contribution in [3.05, 3.63) is 11.7 Å². The van der Waals surface area contributed by atoms with Gasteiger partial charge >= 0.3 is 0 Å². The Labute approximate surface area is 95.0 Å². The Morgan fingerprint density at radius 2 is 2.12 bits per heavy atom. The second kappa shape index (κ2) is 3.29. The van der Waals surface area contributed by atoms with Crippen molar-refractivity contribution in [2.45, 2.75) is 57.5 Å². The highest BCUT2D eigenvalue weighted by atomic mass is 16.5. The van der Waals surface area contributed by atoms with Crippen molar-refractivity contribution in [3.63, 3.8) is 0 Å². The number of nitrogens with zero attached hydrogens (tertiary/aromatic N) is 2. The molecule has 1 N–H and O–H groups in total. The highest BCUT2D eigenvalue weighted by molar-refractivity contribution is 5.15. The molecule has 0 aliphatic heterocycles. The zero-order chi connectivity index (χ0) is 11.3. The molecule has 0 aromatic carbocycles. The minimum atomic E-state index is -0.291. The van der Waals surface area contributed by atoms with E-state index in [1.165, 1.54) is 0 Å². The Kier molecular flexibility index (Phi) is 2.11. The van der Waals surface area contributed by atoms with Crippen molar-refractivity contribution in [1.29, 1.82) is 0 Å². The summed E-state index contributed by atoms with van der Waals surface area (Å²) in [5, 5.41) is 13.8. The van der Waals surface area contributed by atoms with Gasteiger partial charge in [0.2, 0.25) is 5.89 Å².